The van der Waals surface area contributed by atoms with E-state index in [2.05, 4.69) is 4.98 Å². The molecule has 0 fully saturated rings. The first kappa shape index (κ1) is 9.88. The van der Waals surface area contributed by atoms with Gasteiger partial charge in [0.05, 0.1) is 26.0 Å². The smallest absolute Gasteiger partial charge is 0.218 e. The lowest BCUT2D eigenvalue weighted by molar-refractivity contribution is 0.263. The van der Waals surface area contributed by atoms with Crippen LogP contribution in [0.15, 0.2) is 12.3 Å². The monoisotopic (exact) mass is 186 g/mol. The van der Waals surface area contributed by atoms with E-state index < -0.39 is 11.9 Å². The summed E-state index contributed by atoms with van der Waals surface area (Å²) in [6, 6.07) is 0.533. The number of methoxy groups -OCH3 is 1. The van der Waals surface area contributed by atoms with Crippen LogP contribution in [0.3, 0.4) is 0 Å². The zero-order chi connectivity index (χ0) is 9.84. The van der Waals surface area contributed by atoms with E-state index in [1.54, 1.807) is 0 Å². The van der Waals surface area contributed by atoms with E-state index in [9.17, 15) is 4.39 Å². The van der Waals surface area contributed by atoms with Gasteiger partial charge in [0.1, 0.15) is 5.82 Å². The summed E-state index contributed by atoms with van der Waals surface area (Å²) >= 11 is 0. The van der Waals surface area contributed by atoms with Gasteiger partial charge in [0.25, 0.3) is 0 Å². The zero-order valence-electron chi connectivity index (χ0n) is 7.20. The second kappa shape index (κ2) is 4.15. The summed E-state index contributed by atoms with van der Waals surface area (Å²) in [5.74, 6) is -0.261. The highest BCUT2D eigenvalue weighted by atomic mass is 19.1. The maximum atomic E-state index is 12.7. The number of rotatable bonds is 3. The fraction of sp³-hybridized carbons (Fsp3) is 0.375. The maximum absolute atomic E-state index is 12.7. The van der Waals surface area contributed by atoms with Crippen LogP contribution in [0.5, 0.6) is 5.88 Å². The first-order valence-corrected chi connectivity index (χ1v) is 3.75. The highest BCUT2D eigenvalue weighted by molar-refractivity contribution is 5.29. The van der Waals surface area contributed by atoms with Gasteiger partial charge in [-0.3, -0.25) is 0 Å². The second-order valence-corrected chi connectivity index (χ2v) is 2.54. The molecule has 0 aliphatic heterocycles. The zero-order valence-corrected chi connectivity index (χ0v) is 7.20. The Balaban J connectivity index is 3.07. The molecule has 1 atom stereocenters. The minimum absolute atomic E-state index is 0.239. The van der Waals surface area contributed by atoms with Gasteiger partial charge in [0, 0.05) is 5.56 Å². The van der Waals surface area contributed by atoms with Crippen molar-refractivity contribution >= 4 is 0 Å². The third-order valence-corrected chi connectivity index (χ3v) is 1.63. The molecule has 0 radical (unpaired) electrons. The van der Waals surface area contributed by atoms with Gasteiger partial charge in [-0.25, -0.2) is 9.37 Å². The molecule has 1 aromatic rings. The molecule has 1 aromatic heterocycles. The molecule has 3 N–H and O–H groups in total. The molecule has 1 rings (SSSR count). The van der Waals surface area contributed by atoms with Gasteiger partial charge in [-0.05, 0) is 6.07 Å². The lowest BCUT2D eigenvalue weighted by Crippen LogP contribution is -2.16. The van der Waals surface area contributed by atoms with Crippen LogP contribution < -0.4 is 10.5 Å². The number of halogens is 1. The molecule has 0 spiro atoms. The third-order valence-electron chi connectivity index (χ3n) is 1.63. The molecule has 0 aliphatic carbocycles. The van der Waals surface area contributed by atoms with Crippen LogP contribution in [-0.2, 0) is 0 Å². The van der Waals surface area contributed by atoms with Gasteiger partial charge >= 0.3 is 0 Å². The van der Waals surface area contributed by atoms with E-state index in [0.29, 0.717) is 5.56 Å². The summed E-state index contributed by atoms with van der Waals surface area (Å²) in [5.41, 5.74) is 5.87. The molecule has 72 valence electrons. The first-order chi connectivity index (χ1) is 6.19. The van der Waals surface area contributed by atoms with Gasteiger partial charge in [-0.15, -0.1) is 0 Å². The molecular formula is C8H11FN2O2. The predicted octanol–water partition coefficient (Wildman–Crippen LogP) is 0.221. The lowest BCUT2D eigenvalue weighted by Gasteiger charge is -2.11. The number of aromatic nitrogens is 1. The Morgan fingerprint density at radius 1 is 1.77 bits per heavy atom. The molecule has 0 amide bonds. The molecule has 0 aliphatic rings. The van der Waals surface area contributed by atoms with Crippen molar-refractivity contribution in [2.24, 2.45) is 5.73 Å². The van der Waals surface area contributed by atoms with E-state index in [0.717, 1.165) is 6.20 Å². The van der Waals surface area contributed by atoms with Crippen molar-refractivity contribution in [2.75, 3.05) is 13.7 Å². The second-order valence-electron chi connectivity index (χ2n) is 2.54. The van der Waals surface area contributed by atoms with Gasteiger partial charge < -0.3 is 15.6 Å². The minimum atomic E-state index is -0.668. The molecule has 1 heterocycles. The van der Waals surface area contributed by atoms with E-state index in [4.69, 9.17) is 15.6 Å². The third kappa shape index (κ3) is 2.13. The number of hydrogen-bond donors (Lipinski definition) is 2. The Labute approximate surface area is 75.2 Å². The molecule has 0 saturated heterocycles. The normalized spacial score (nSPS) is 12.6. The average molecular weight is 186 g/mol. The quantitative estimate of drug-likeness (QED) is 0.708. The number of nitrogens with two attached hydrogens (primary N) is 1. The van der Waals surface area contributed by atoms with Crippen LogP contribution in [-0.4, -0.2) is 23.8 Å². The molecule has 5 heteroatoms. The fourth-order valence-electron chi connectivity index (χ4n) is 0.977. The Bertz CT molecular complexity index is 293. The maximum Gasteiger partial charge on any atom is 0.218 e. The Hall–Kier alpha value is -1.20. The highest BCUT2D eigenvalue weighted by Crippen LogP contribution is 2.21. The molecule has 4 nitrogen and oxygen atoms in total. The number of aliphatic hydroxyl groups excluding tert-OH is 1. The van der Waals surface area contributed by atoms with Gasteiger partial charge in [-0.2, -0.15) is 0 Å². The topological polar surface area (TPSA) is 68.4 Å². The van der Waals surface area contributed by atoms with Crippen molar-refractivity contribution in [3.8, 4) is 5.88 Å². The van der Waals surface area contributed by atoms with Crippen molar-refractivity contribution in [2.45, 2.75) is 6.04 Å². The van der Waals surface area contributed by atoms with Crippen LogP contribution in [0.4, 0.5) is 4.39 Å². The fourth-order valence-corrected chi connectivity index (χ4v) is 0.977. The summed E-state index contributed by atoms with van der Waals surface area (Å²) in [6.45, 7) is -0.276. The standard InChI is InChI=1S/C8H11FN2O2/c1-13-8-6(7(10)4-12)2-5(9)3-11-8/h2-3,7,12H,4,10H2,1H3. The Kier molecular flexibility index (Phi) is 3.16. The van der Waals surface area contributed by atoms with Crippen molar-refractivity contribution in [3.05, 3.63) is 23.6 Å². The summed E-state index contributed by atoms with van der Waals surface area (Å²) in [6.07, 6.45) is 1.03. The average Bonchev–Trinajstić information content (AvgIpc) is 2.16. The molecule has 13 heavy (non-hydrogen) atoms. The van der Waals surface area contributed by atoms with Crippen LogP contribution in [0.2, 0.25) is 0 Å². The van der Waals surface area contributed by atoms with Gasteiger partial charge in [-0.1, -0.05) is 0 Å². The van der Waals surface area contributed by atoms with Crippen molar-refractivity contribution in [3.63, 3.8) is 0 Å². The van der Waals surface area contributed by atoms with Gasteiger partial charge in [0.15, 0.2) is 0 Å². The SMILES string of the molecule is COc1ncc(F)cc1C(N)CO. The molecule has 1 unspecified atom stereocenters. The first-order valence-electron chi connectivity index (χ1n) is 3.75. The Morgan fingerprint density at radius 2 is 2.46 bits per heavy atom. The molecule has 0 saturated carbocycles. The largest absolute Gasteiger partial charge is 0.481 e. The van der Waals surface area contributed by atoms with Crippen LogP contribution in [0.1, 0.15) is 11.6 Å². The number of hydrogen-bond acceptors (Lipinski definition) is 4. The number of pyridine rings is 1. The van der Waals surface area contributed by atoms with Crippen molar-refractivity contribution < 1.29 is 14.2 Å². The molecular weight excluding hydrogens is 175 g/mol. The minimum Gasteiger partial charge on any atom is -0.481 e. The van der Waals surface area contributed by atoms with E-state index in [1.165, 1.54) is 13.2 Å². The molecule has 0 bridgehead atoms. The predicted molar refractivity (Wildman–Crippen MR) is 44.8 cm³/mol. The Morgan fingerprint density at radius 3 is 3.00 bits per heavy atom. The highest BCUT2D eigenvalue weighted by Gasteiger charge is 2.12. The lowest BCUT2D eigenvalue weighted by atomic mass is 10.1. The van der Waals surface area contributed by atoms with Crippen LogP contribution in [0.25, 0.3) is 0 Å². The van der Waals surface area contributed by atoms with Crippen molar-refractivity contribution in [1.82, 2.24) is 4.98 Å². The number of ether oxygens (including phenoxy) is 1. The summed E-state index contributed by atoms with van der Waals surface area (Å²) in [5, 5.41) is 8.77. The van der Waals surface area contributed by atoms with Crippen LogP contribution >= 0.6 is 0 Å². The number of nitrogens with zero attached hydrogens (tertiary/aromatic N) is 1. The van der Waals surface area contributed by atoms with Crippen molar-refractivity contribution in [1.29, 1.82) is 0 Å². The summed E-state index contributed by atoms with van der Waals surface area (Å²) in [7, 11) is 1.41. The van der Waals surface area contributed by atoms with E-state index in [-0.39, 0.29) is 12.5 Å². The summed E-state index contributed by atoms with van der Waals surface area (Å²) in [4.78, 5) is 3.68. The number of aliphatic hydroxyl groups is 1. The van der Waals surface area contributed by atoms with Crippen LogP contribution in [0, 0.1) is 5.82 Å². The summed E-state index contributed by atoms with van der Waals surface area (Å²) < 4.78 is 17.6. The van der Waals surface area contributed by atoms with E-state index in [1.807, 2.05) is 0 Å². The molecule has 0 aromatic carbocycles. The van der Waals surface area contributed by atoms with Gasteiger partial charge in [0.2, 0.25) is 5.88 Å². The van der Waals surface area contributed by atoms with E-state index >= 15 is 0 Å².